The number of rotatable bonds is 7. The molecule has 0 atom stereocenters. The van der Waals surface area contributed by atoms with Crippen LogP contribution >= 0.6 is 15.9 Å². The zero-order valence-corrected chi connectivity index (χ0v) is 14.5. The predicted molar refractivity (Wildman–Crippen MR) is 89.9 cm³/mol. The van der Waals surface area contributed by atoms with Crippen LogP contribution < -0.4 is 5.32 Å². The van der Waals surface area contributed by atoms with E-state index in [9.17, 15) is 4.39 Å². The van der Waals surface area contributed by atoms with Gasteiger partial charge in [0.05, 0.1) is 4.47 Å². The van der Waals surface area contributed by atoms with Crippen LogP contribution in [0.2, 0.25) is 0 Å². The van der Waals surface area contributed by atoms with Gasteiger partial charge in [-0.2, -0.15) is 0 Å². The Labute approximate surface area is 136 Å². The minimum Gasteiger partial charge on any atom is -0.313 e. The molecule has 0 saturated heterocycles. The Bertz CT molecular complexity index is 433. The molecule has 0 bridgehead atoms. The molecule has 1 aromatic carbocycles. The van der Waals surface area contributed by atoms with Crippen molar-refractivity contribution in [1.29, 1.82) is 0 Å². The predicted octanol–water partition coefficient (Wildman–Crippen LogP) is 4.33. The summed E-state index contributed by atoms with van der Waals surface area (Å²) in [5.41, 5.74) is 0.982. The van der Waals surface area contributed by atoms with Gasteiger partial charge in [0, 0.05) is 12.6 Å². The van der Waals surface area contributed by atoms with Crippen molar-refractivity contribution in [2.24, 2.45) is 0 Å². The van der Waals surface area contributed by atoms with E-state index in [1.807, 2.05) is 6.07 Å². The molecule has 1 aliphatic rings. The molecule has 0 aromatic heterocycles. The molecule has 0 unspecified atom stereocenters. The molecule has 1 fully saturated rings. The van der Waals surface area contributed by atoms with Crippen LogP contribution in [0.5, 0.6) is 0 Å². The SMILES string of the molecule is CN(CCCNCc1cccc(F)c1Br)C1CCCCC1. The summed E-state index contributed by atoms with van der Waals surface area (Å²) in [6.07, 6.45) is 8.05. The summed E-state index contributed by atoms with van der Waals surface area (Å²) in [7, 11) is 2.25. The van der Waals surface area contributed by atoms with Crippen LogP contribution in [0.15, 0.2) is 22.7 Å². The number of hydrogen-bond donors (Lipinski definition) is 1. The maximum absolute atomic E-state index is 13.4. The largest absolute Gasteiger partial charge is 0.313 e. The first kappa shape index (κ1) is 16.9. The van der Waals surface area contributed by atoms with Crippen molar-refractivity contribution >= 4 is 15.9 Å². The summed E-state index contributed by atoms with van der Waals surface area (Å²) >= 11 is 3.30. The molecule has 4 heteroatoms. The van der Waals surface area contributed by atoms with Gasteiger partial charge < -0.3 is 10.2 Å². The monoisotopic (exact) mass is 356 g/mol. The average molecular weight is 357 g/mol. The van der Waals surface area contributed by atoms with E-state index < -0.39 is 0 Å². The van der Waals surface area contributed by atoms with Gasteiger partial charge in [-0.25, -0.2) is 4.39 Å². The molecule has 2 rings (SSSR count). The lowest BCUT2D eigenvalue weighted by atomic mass is 9.94. The third-order valence-electron chi connectivity index (χ3n) is 4.41. The fourth-order valence-corrected chi connectivity index (χ4v) is 3.47. The van der Waals surface area contributed by atoms with Crippen molar-refractivity contribution in [3.63, 3.8) is 0 Å². The fourth-order valence-electron chi connectivity index (χ4n) is 3.07. The Hall–Kier alpha value is -0.450. The number of halogens is 2. The fraction of sp³-hybridized carbons (Fsp3) is 0.647. The molecular formula is C17H26BrFN2. The van der Waals surface area contributed by atoms with E-state index in [0.29, 0.717) is 11.0 Å². The van der Waals surface area contributed by atoms with Crippen LogP contribution in [0.3, 0.4) is 0 Å². The maximum atomic E-state index is 13.4. The summed E-state index contributed by atoms with van der Waals surface area (Å²) in [5.74, 6) is -0.189. The number of nitrogens with one attached hydrogen (secondary N) is 1. The molecule has 1 aliphatic carbocycles. The highest BCUT2D eigenvalue weighted by atomic mass is 79.9. The normalized spacial score (nSPS) is 16.6. The lowest BCUT2D eigenvalue weighted by Crippen LogP contribution is -2.35. The first-order chi connectivity index (χ1) is 10.2. The van der Waals surface area contributed by atoms with Crippen LogP contribution in [0, 0.1) is 5.82 Å². The highest BCUT2D eigenvalue weighted by Crippen LogP contribution is 2.22. The topological polar surface area (TPSA) is 15.3 Å². The second-order valence-corrected chi connectivity index (χ2v) is 6.81. The summed E-state index contributed by atoms with van der Waals surface area (Å²) in [5, 5.41) is 3.40. The van der Waals surface area contributed by atoms with E-state index in [1.54, 1.807) is 6.07 Å². The van der Waals surface area contributed by atoms with Gasteiger partial charge in [0.25, 0.3) is 0 Å². The summed E-state index contributed by atoms with van der Waals surface area (Å²) in [6.45, 7) is 2.83. The molecule has 1 aromatic rings. The van der Waals surface area contributed by atoms with Crippen LogP contribution in [-0.2, 0) is 6.54 Å². The smallest absolute Gasteiger partial charge is 0.137 e. The Morgan fingerprint density at radius 2 is 2.05 bits per heavy atom. The highest BCUT2D eigenvalue weighted by molar-refractivity contribution is 9.10. The lowest BCUT2D eigenvalue weighted by Gasteiger charge is -2.31. The second kappa shape index (κ2) is 8.86. The van der Waals surface area contributed by atoms with E-state index in [-0.39, 0.29) is 5.82 Å². The van der Waals surface area contributed by atoms with E-state index in [1.165, 1.54) is 38.2 Å². The Balaban J connectivity index is 1.62. The second-order valence-electron chi connectivity index (χ2n) is 6.02. The van der Waals surface area contributed by atoms with Crippen LogP contribution in [0.4, 0.5) is 4.39 Å². The van der Waals surface area contributed by atoms with E-state index in [2.05, 4.69) is 33.2 Å². The summed E-state index contributed by atoms with van der Waals surface area (Å²) < 4.78 is 14.0. The van der Waals surface area contributed by atoms with Gasteiger partial charge in [-0.15, -0.1) is 0 Å². The molecule has 0 spiro atoms. The average Bonchev–Trinajstić information content (AvgIpc) is 2.51. The molecule has 0 radical (unpaired) electrons. The van der Waals surface area contributed by atoms with Crippen LogP contribution in [0.25, 0.3) is 0 Å². The van der Waals surface area contributed by atoms with Crippen molar-refractivity contribution in [2.75, 3.05) is 20.1 Å². The molecule has 0 aliphatic heterocycles. The molecular weight excluding hydrogens is 331 g/mol. The maximum Gasteiger partial charge on any atom is 0.137 e. The number of hydrogen-bond acceptors (Lipinski definition) is 2. The van der Waals surface area contributed by atoms with Gasteiger partial charge in [0.2, 0.25) is 0 Å². The first-order valence-corrected chi connectivity index (χ1v) is 8.81. The Morgan fingerprint density at radius 1 is 1.29 bits per heavy atom. The standard InChI is InChI=1S/C17H26BrFN2/c1-21(15-8-3-2-4-9-15)12-6-11-20-13-14-7-5-10-16(19)17(14)18/h5,7,10,15,20H,2-4,6,8-9,11-13H2,1H3. The zero-order valence-electron chi connectivity index (χ0n) is 12.9. The molecule has 21 heavy (non-hydrogen) atoms. The number of benzene rings is 1. The van der Waals surface area contributed by atoms with E-state index in [4.69, 9.17) is 0 Å². The van der Waals surface area contributed by atoms with Crippen molar-refractivity contribution in [3.8, 4) is 0 Å². The van der Waals surface area contributed by atoms with E-state index in [0.717, 1.165) is 31.1 Å². The van der Waals surface area contributed by atoms with Crippen molar-refractivity contribution in [2.45, 2.75) is 51.1 Å². The quantitative estimate of drug-likeness (QED) is 0.731. The van der Waals surface area contributed by atoms with Crippen molar-refractivity contribution < 1.29 is 4.39 Å². The van der Waals surface area contributed by atoms with Gasteiger partial charge in [-0.05, 0) is 67.0 Å². The van der Waals surface area contributed by atoms with Gasteiger partial charge in [-0.1, -0.05) is 31.4 Å². The third kappa shape index (κ3) is 5.35. The molecule has 2 nitrogen and oxygen atoms in total. The van der Waals surface area contributed by atoms with Gasteiger partial charge in [-0.3, -0.25) is 0 Å². The van der Waals surface area contributed by atoms with Gasteiger partial charge >= 0.3 is 0 Å². The third-order valence-corrected chi connectivity index (χ3v) is 5.30. The Kier molecular flexibility index (Phi) is 7.14. The zero-order chi connectivity index (χ0) is 15.1. The minimum atomic E-state index is -0.189. The van der Waals surface area contributed by atoms with E-state index >= 15 is 0 Å². The van der Waals surface area contributed by atoms with Gasteiger partial charge in [0.15, 0.2) is 0 Å². The highest BCUT2D eigenvalue weighted by Gasteiger charge is 2.17. The summed E-state index contributed by atoms with van der Waals surface area (Å²) in [6, 6.07) is 5.98. The summed E-state index contributed by atoms with van der Waals surface area (Å²) in [4.78, 5) is 2.51. The Morgan fingerprint density at radius 3 is 2.81 bits per heavy atom. The number of nitrogens with zero attached hydrogens (tertiary/aromatic N) is 1. The molecule has 1 N–H and O–H groups in total. The van der Waals surface area contributed by atoms with Gasteiger partial charge in [0.1, 0.15) is 5.82 Å². The molecule has 118 valence electrons. The first-order valence-electron chi connectivity index (χ1n) is 8.02. The lowest BCUT2D eigenvalue weighted by molar-refractivity contribution is 0.189. The van der Waals surface area contributed by atoms with Crippen molar-refractivity contribution in [1.82, 2.24) is 10.2 Å². The molecule has 1 saturated carbocycles. The van der Waals surface area contributed by atoms with Crippen LogP contribution in [-0.4, -0.2) is 31.1 Å². The van der Waals surface area contributed by atoms with Crippen molar-refractivity contribution in [3.05, 3.63) is 34.1 Å². The minimum absolute atomic E-state index is 0.189. The molecule has 0 heterocycles. The molecule has 0 amide bonds. The van der Waals surface area contributed by atoms with Crippen LogP contribution in [0.1, 0.15) is 44.1 Å².